The number of ether oxygens (including phenoxy) is 1. The van der Waals surface area contributed by atoms with E-state index in [-0.39, 0.29) is 5.91 Å². The minimum absolute atomic E-state index is 0.113. The average Bonchev–Trinajstić information content (AvgIpc) is 2.92. The number of hydrogen-bond acceptors (Lipinski definition) is 2. The van der Waals surface area contributed by atoms with Gasteiger partial charge in [0.25, 0.3) is 0 Å². The molecule has 0 aliphatic heterocycles. The topological polar surface area (TPSA) is 45.3 Å². The molecule has 1 N–H and O–H groups in total. The van der Waals surface area contributed by atoms with Crippen molar-refractivity contribution in [3.63, 3.8) is 0 Å². The van der Waals surface area contributed by atoms with E-state index in [4.69, 9.17) is 4.74 Å². The van der Waals surface area contributed by atoms with Gasteiger partial charge in [0, 0.05) is 30.2 Å². The highest BCUT2D eigenvalue weighted by Crippen LogP contribution is 2.23. The summed E-state index contributed by atoms with van der Waals surface area (Å²) in [7, 11) is 1.85. The molecule has 1 amide bonds. The van der Waals surface area contributed by atoms with Crippen molar-refractivity contribution in [2.45, 2.75) is 26.8 Å². The fourth-order valence-corrected chi connectivity index (χ4v) is 3.07. The SMILES string of the molecule is CCOc1ccc(CN(C)C(=O)Cc2c(C)[nH]c3ccccc23)cc1. The van der Waals surface area contributed by atoms with Gasteiger partial charge in [-0.05, 0) is 43.2 Å². The van der Waals surface area contributed by atoms with Crippen LogP contribution in [0.5, 0.6) is 5.75 Å². The summed E-state index contributed by atoms with van der Waals surface area (Å²) in [5.41, 5.74) is 4.31. The summed E-state index contributed by atoms with van der Waals surface area (Å²) >= 11 is 0. The summed E-state index contributed by atoms with van der Waals surface area (Å²) in [5.74, 6) is 0.969. The zero-order valence-corrected chi connectivity index (χ0v) is 15.0. The highest BCUT2D eigenvalue weighted by Gasteiger charge is 2.15. The first kappa shape index (κ1) is 17.1. The van der Waals surface area contributed by atoms with Gasteiger partial charge in [0.05, 0.1) is 13.0 Å². The van der Waals surface area contributed by atoms with Crippen LogP contribution in [0.3, 0.4) is 0 Å². The van der Waals surface area contributed by atoms with Gasteiger partial charge in [-0.1, -0.05) is 30.3 Å². The van der Waals surface area contributed by atoms with E-state index in [9.17, 15) is 4.79 Å². The van der Waals surface area contributed by atoms with E-state index in [2.05, 4.69) is 11.1 Å². The summed E-state index contributed by atoms with van der Waals surface area (Å²) < 4.78 is 5.45. The Labute approximate surface area is 148 Å². The third-order valence-electron chi connectivity index (χ3n) is 4.43. The number of para-hydroxylation sites is 1. The summed E-state index contributed by atoms with van der Waals surface area (Å²) in [5, 5.41) is 1.13. The van der Waals surface area contributed by atoms with E-state index < -0.39 is 0 Å². The van der Waals surface area contributed by atoms with Gasteiger partial charge in [-0.15, -0.1) is 0 Å². The van der Waals surface area contributed by atoms with Crippen molar-refractivity contribution < 1.29 is 9.53 Å². The molecule has 0 spiro atoms. The van der Waals surface area contributed by atoms with Gasteiger partial charge < -0.3 is 14.6 Å². The summed E-state index contributed by atoms with van der Waals surface area (Å²) in [4.78, 5) is 17.8. The predicted molar refractivity (Wildman–Crippen MR) is 101 cm³/mol. The standard InChI is InChI=1S/C21H24N2O2/c1-4-25-17-11-9-16(10-12-17)14-23(3)21(24)13-19-15(2)22-20-8-6-5-7-18(19)20/h5-12,22H,4,13-14H2,1-3H3. The second-order valence-corrected chi connectivity index (χ2v) is 6.28. The van der Waals surface area contributed by atoms with Gasteiger partial charge in [0.15, 0.2) is 0 Å². The Kier molecular flexibility index (Phi) is 5.08. The number of carbonyl (C=O) groups is 1. The average molecular weight is 336 g/mol. The molecule has 4 nitrogen and oxygen atoms in total. The van der Waals surface area contributed by atoms with E-state index >= 15 is 0 Å². The van der Waals surface area contributed by atoms with Crippen LogP contribution < -0.4 is 4.74 Å². The fourth-order valence-electron chi connectivity index (χ4n) is 3.07. The molecule has 0 fully saturated rings. The van der Waals surface area contributed by atoms with Gasteiger partial charge in [-0.3, -0.25) is 4.79 Å². The number of carbonyl (C=O) groups excluding carboxylic acids is 1. The molecule has 0 saturated carbocycles. The number of hydrogen-bond donors (Lipinski definition) is 1. The Morgan fingerprint density at radius 3 is 2.56 bits per heavy atom. The lowest BCUT2D eigenvalue weighted by atomic mass is 10.1. The number of fused-ring (bicyclic) bond motifs is 1. The molecule has 4 heteroatoms. The molecule has 0 unspecified atom stereocenters. The number of nitrogens with one attached hydrogen (secondary N) is 1. The molecule has 0 aliphatic carbocycles. The van der Waals surface area contributed by atoms with Crippen LogP contribution in [-0.4, -0.2) is 29.4 Å². The second kappa shape index (κ2) is 7.43. The molecule has 0 atom stereocenters. The van der Waals surface area contributed by atoms with E-state index in [0.29, 0.717) is 19.6 Å². The Bertz CT molecular complexity index is 865. The third kappa shape index (κ3) is 3.85. The van der Waals surface area contributed by atoms with Crippen molar-refractivity contribution in [3.8, 4) is 5.75 Å². The molecule has 1 aromatic heterocycles. The minimum atomic E-state index is 0.113. The lowest BCUT2D eigenvalue weighted by Gasteiger charge is -2.18. The van der Waals surface area contributed by atoms with Gasteiger partial charge in [0.1, 0.15) is 5.75 Å². The van der Waals surface area contributed by atoms with Crippen molar-refractivity contribution >= 4 is 16.8 Å². The van der Waals surface area contributed by atoms with Crippen molar-refractivity contribution in [3.05, 3.63) is 65.4 Å². The van der Waals surface area contributed by atoms with Crippen molar-refractivity contribution in [2.24, 2.45) is 0 Å². The van der Waals surface area contributed by atoms with E-state index in [1.807, 2.05) is 63.4 Å². The number of aromatic amines is 1. The minimum Gasteiger partial charge on any atom is -0.494 e. The number of benzene rings is 2. The van der Waals surface area contributed by atoms with Crippen molar-refractivity contribution in [1.29, 1.82) is 0 Å². The Morgan fingerprint density at radius 1 is 1.12 bits per heavy atom. The predicted octanol–water partition coefficient (Wildman–Crippen LogP) is 4.08. The number of likely N-dealkylation sites (N-methyl/N-ethyl adjacent to an activating group) is 1. The molecule has 25 heavy (non-hydrogen) atoms. The molecule has 130 valence electrons. The number of nitrogens with zero attached hydrogens (tertiary/aromatic N) is 1. The smallest absolute Gasteiger partial charge is 0.227 e. The zero-order chi connectivity index (χ0) is 17.8. The lowest BCUT2D eigenvalue weighted by Crippen LogP contribution is -2.27. The summed E-state index contributed by atoms with van der Waals surface area (Å²) in [6.07, 6.45) is 0.406. The maximum absolute atomic E-state index is 12.7. The Balaban J connectivity index is 1.68. The maximum Gasteiger partial charge on any atom is 0.227 e. The molecule has 1 heterocycles. The van der Waals surface area contributed by atoms with Crippen LogP contribution in [0.4, 0.5) is 0 Å². The van der Waals surface area contributed by atoms with Crippen LogP contribution in [0.1, 0.15) is 23.7 Å². The molecule has 0 aliphatic rings. The zero-order valence-electron chi connectivity index (χ0n) is 15.0. The fraction of sp³-hybridized carbons (Fsp3) is 0.286. The Morgan fingerprint density at radius 2 is 1.84 bits per heavy atom. The normalized spacial score (nSPS) is 10.8. The van der Waals surface area contributed by atoms with Crippen LogP contribution in [0.2, 0.25) is 0 Å². The van der Waals surface area contributed by atoms with Crippen LogP contribution in [-0.2, 0) is 17.8 Å². The first-order chi connectivity index (χ1) is 12.1. The number of H-pyrrole nitrogens is 1. The molecule has 0 bridgehead atoms. The largest absolute Gasteiger partial charge is 0.494 e. The third-order valence-corrected chi connectivity index (χ3v) is 4.43. The number of rotatable bonds is 6. The summed E-state index contributed by atoms with van der Waals surface area (Å²) in [6, 6.07) is 16.0. The molecule has 0 saturated heterocycles. The molecular weight excluding hydrogens is 312 g/mol. The van der Waals surface area contributed by atoms with Crippen LogP contribution >= 0.6 is 0 Å². The van der Waals surface area contributed by atoms with Gasteiger partial charge >= 0.3 is 0 Å². The van der Waals surface area contributed by atoms with Gasteiger partial charge in [-0.25, -0.2) is 0 Å². The van der Waals surface area contributed by atoms with Crippen molar-refractivity contribution in [2.75, 3.05) is 13.7 Å². The van der Waals surface area contributed by atoms with Gasteiger partial charge in [-0.2, -0.15) is 0 Å². The Hall–Kier alpha value is -2.75. The number of aryl methyl sites for hydroxylation is 1. The molecule has 2 aromatic carbocycles. The molecular formula is C21H24N2O2. The number of aromatic nitrogens is 1. The highest BCUT2D eigenvalue weighted by molar-refractivity contribution is 5.90. The van der Waals surface area contributed by atoms with Crippen LogP contribution in [0.25, 0.3) is 10.9 Å². The first-order valence-corrected chi connectivity index (χ1v) is 8.60. The lowest BCUT2D eigenvalue weighted by molar-refractivity contribution is -0.129. The van der Waals surface area contributed by atoms with E-state index in [0.717, 1.165) is 33.5 Å². The number of amides is 1. The van der Waals surface area contributed by atoms with Gasteiger partial charge in [0.2, 0.25) is 5.91 Å². The molecule has 3 rings (SSSR count). The summed E-state index contributed by atoms with van der Waals surface area (Å²) in [6.45, 7) is 5.23. The van der Waals surface area contributed by atoms with E-state index in [1.165, 1.54) is 0 Å². The van der Waals surface area contributed by atoms with E-state index in [1.54, 1.807) is 4.90 Å². The van der Waals surface area contributed by atoms with Crippen molar-refractivity contribution in [1.82, 2.24) is 9.88 Å². The second-order valence-electron chi connectivity index (χ2n) is 6.28. The van der Waals surface area contributed by atoms with Crippen LogP contribution in [0.15, 0.2) is 48.5 Å². The quantitative estimate of drug-likeness (QED) is 0.737. The highest BCUT2D eigenvalue weighted by atomic mass is 16.5. The molecule has 3 aromatic rings. The van der Waals surface area contributed by atoms with Crippen LogP contribution in [0, 0.1) is 6.92 Å². The monoisotopic (exact) mass is 336 g/mol. The molecule has 0 radical (unpaired) electrons. The maximum atomic E-state index is 12.7. The first-order valence-electron chi connectivity index (χ1n) is 8.60.